The van der Waals surface area contributed by atoms with Crippen molar-refractivity contribution in [3.05, 3.63) is 35.4 Å². The third-order valence-corrected chi connectivity index (χ3v) is 4.06. The Morgan fingerprint density at radius 3 is 2.50 bits per heavy atom. The lowest BCUT2D eigenvalue weighted by atomic mass is 9.87. The van der Waals surface area contributed by atoms with Gasteiger partial charge in [0.15, 0.2) is 0 Å². The Labute approximate surface area is 123 Å². The summed E-state index contributed by atoms with van der Waals surface area (Å²) in [5.41, 5.74) is 8.33. The van der Waals surface area contributed by atoms with Gasteiger partial charge < -0.3 is 5.73 Å². The highest BCUT2D eigenvalue weighted by atomic mass is 32.2. The first-order chi connectivity index (χ1) is 9.50. The molecule has 1 aromatic heterocycles. The van der Waals surface area contributed by atoms with E-state index in [0.29, 0.717) is 13.1 Å². The smallest absolute Gasteiger partial charge is 0.209 e. The van der Waals surface area contributed by atoms with Crippen LogP contribution < -0.4 is 5.73 Å². The minimum atomic E-state index is 0.191. The Hall–Kier alpha value is -1.40. The molecule has 1 aromatic carbocycles. The molecule has 2 N–H and O–H groups in total. The number of tetrazole rings is 1. The Balaban J connectivity index is 1.99. The van der Waals surface area contributed by atoms with Gasteiger partial charge in [-0.05, 0) is 27.0 Å². The van der Waals surface area contributed by atoms with Crippen LogP contribution in [0, 0.1) is 0 Å². The van der Waals surface area contributed by atoms with Crippen molar-refractivity contribution in [3.8, 4) is 0 Å². The molecule has 0 aliphatic heterocycles. The summed E-state index contributed by atoms with van der Waals surface area (Å²) in [7, 11) is 0. The van der Waals surface area contributed by atoms with Crippen molar-refractivity contribution < 1.29 is 0 Å². The van der Waals surface area contributed by atoms with E-state index in [-0.39, 0.29) is 5.41 Å². The topological polar surface area (TPSA) is 69.6 Å². The highest BCUT2D eigenvalue weighted by molar-refractivity contribution is 7.98. The van der Waals surface area contributed by atoms with E-state index in [1.54, 1.807) is 16.4 Å². The zero-order valence-electron chi connectivity index (χ0n) is 12.2. The molecular formula is C14H21N5S. The number of rotatable bonds is 5. The minimum Gasteiger partial charge on any atom is -0.329 e. The number of hydrogen-bond acceptors (Lipinski definition) is 5. The molecule has 6 heteroatoms. The van der Waals surface area contributed by atoms with E-state index in [1.807, 2.05) is 0 Å². The van der Waals surface area contributed by atoms with Gasteiger partial charge in [-0.15, -0.1) is 5.10 Å². The van der Waals surface area contributed by atoms with Crippen LogP contribution in [0.4, 0.5) is 0 Å². The summed E-state index contributed by atoms with van der Waals surface area (Å²) < 4.78 is 1.74. The van der Waals surface area contributed by atoms with Crippen molar-refractivity contribution in [2.24, 2.45) is 5.73 Å². The maximum atomic E-state index is 5.53. The first-order valence-electron chi connectivity index (χ1n) is 6.69. The predicted molar refractivity (Wildman–Crippen MR) is 81.6 cm³/mol. The number of benzene rings is 1. The second-order valence-electron chi connectivity index (χ2n) is 5.71. The fourth-order valence-electron chi connectivity index (χ4n) is 1.81. The van der Waals surface area contributed by atoms with Gasteiger partial charge in [-0.25, -0.2) is 4.68 Å². The second-order valence-corrected chi connectivity index (χ2v) is 6.65. The van der Waals surface area contributed by atoms with Gasteiger partial charge in [-0.3, -0.25) is 0 Å². The van der Waals surface area contributed by atoms with E-state index >= 15 is 0 Å². The summed E-state index contributed by atoms with van der Waals surface area (Å²) in [4.78, 5) is 0. The molecule has 0 atom stereocenters. The third-order valence-electron chi connectivity index (χ3n) is 3.03. The van der Waals surface area contributed by atoms with Crippen molar-refractivity contribution >= 4 is 11.8 Å². The molecule has 0 aliphatic rings. The lowest BCUT2D eigenvalue weighted by molar-refractivity contribution is 0.557. The fourth-order valence-corrected chi connectivity index (χ4v) is 2.67. The molecule has 2 aromatic rings. The first kappa shape index (κ1) is 15.0. The Morgan fingerprint density at radius 1 is 1.20 bits per heavy atom. The second kappa shape index (κ2) is 6.37. The average molecular weight is 291 g/mol. The number of nitrogens with zero attached hydrogens (tertiary/aromatic N) is 4. The molecule has 0 amide bonds. The maximum absolute atomic E-state index is 5.53. The Kier molecular flexibility index (Phi) is 4.77. The van der Waals surface area contributed by atoms with E-state index in [4.69, 9.17) is 5.73 Å². The van der Waals surface area contributed by atoms with Crippen molar-refractivity contribution in [1.29, 1.82) is 0 Å². The molecule has 0 unspecified atom stereocenters. The molecule has 1 heterocycles. The highest BCUT2D eigenvalue weighted by Crippen LogP contribution is 2.24. The van der Waals surface area contributed by atoms with E-state index in [1.165, 1.54) is 11.1 Å². The van der Waals surface area contributed by atoms with E-state index < -0.39 is 0 Å². The quantitative estimate of drug-likeness (QED) is 0.855. The molecule has 0 bridgehead atoms. The SMILES string of the molecule is CC(C)(C)c1ccc(CSc2nnnn2CCN)cc1. The van der Waals surface area contributed by atoms with Gasteiger partial charge in [0.25, 0.3) is 0 Å². The van der Waals surface area contributed by atoms with Gasteiger partial charge in [0.05, 0.1) is 6.54 Å². The third kappa shape index (κ3) is 3.80. The minimum absolute atomic E-state index is 0.191. The van der Waals surface area contributed by atoms with Gasteiger partial charge >= 0.3 is 0 Å². The zero-order valence-corrected chi connectivity index (χ0v) is 13.0. The monoisotopic (exact) mass is 291 g/mol. The van der Waals surface area contributed by atoms with Crippen LogP contribution in [0.15, 0.2) is 29.4 Å². The van der Waals surface area contributed by atoms with Gasteiger partial charge in [0.1, 0.15) is 0 Å². The number of aromatic nitrogens is 4. The highest BCUT2D eigenvalue weighted by Gasteiger charge is 2.13. The van der Waals surface area contributed by atoms with E-state index in [0.717, 1.165) is 10.9 Å². The van der Waals surface area contributed by atoms with Gasteiger partial charge in [-0.2, -0.15) is 0 Å². The first-order valence-corrected chi connectivity index (χ1v) is 7.68. The van der Waals surface area contributed by atoms with Crippen LogP contribution in [-0.4, -0.2) is 26.8 Å². The normalized spacial score (nSPS) is 11.8. The fraction of sp³-hybridized carbons (Fsp3) is 0.500. The van der Waals surface area contributed by atoms with Gasteiger partial charge in [-0.1, -0.05) is 56.8 Å². The van der Waals surface area contributed by atoms with Gasteiger partial charge in [0, 0.05) is 12.3 Å². The average Bonchev–Trinajstić information content (AvgIpc) is 2.84. The Bertz CT molecular complexity index is 541. The zero-order chi connectivity index (χ0) is 14.6. The van der Waals surface area contributed by atoms with Crippen LogP contribution in [0.1, 0.15) is 31.9 Å². The van der Waals surface area contributed by atoms with Crippen LogP contribution in [0.3, 0.4) is 0 Å². The molecule has 0 fully saturated rings. The molecule has 2 rings (SSSR count). The predicted octanol–water partition coefficient (Wildman–Crippen LogP) is 2.22. The molecule has 20 heavy (non-hydrogen) atoms. The van der Waals surface area contributed by atoms with Crippen LogP contribution in [0.2, 0.25) is 0 Å². The van der Waals surface area contributed by atoms with Crippen LogP contribution >= 0.6 is 11.8 Å². The summed E-state index contributed by atoms with van der Waals surface area (Å²) in [6.45, 7) is 7.85. The van der Waals surface area contributed by atoms with Crippen LogP contribution in [-0.2, 0) is 17.7 Å². The largest absolute Gasteiger partial charge is 0.329 e. The molecular weight excluding hydrogens is 270 g/mol. The summed E-state index contributed by atoms with van der Waals surface area (Å²) in [6, 6.07) is 8.73. The summed E-state index contributed by atoms with van der Waals surface area (Å²) in [5, 5.41) is 12.4. The lowest BCUT2D eigenvalue weighted by Gasteiger charge is -2.19. The van der Waals surface area contributed by atoms with Crippen molar-refractivity contribution in [3.63, 3.8) is 0 Å². The summed E-state index contributed by atoms with van der Waals surface area (Å²) in [5.74, 6) is 0.857. The summed E-state index contributed by atoms with van der Waals surface area (Å²) in [6.07, 6.45) is 0. The van der Waals surface area contributed by atoms with E-state index in [2.05, 4.69) is 60.6 Å². The number of thioether (sulfide) groups is 1. The van der Waals surface area contributed by atoms with Crippen molar-refractivity contribution in [1.82, 2.24) is 20.2 Å². The lowest BCUT2D eigenvalue weighted by Crippen LogP contribution is -2.12. The molecule has 0 radical (unpaired) electrons. The Morgan fingerprint density at radius 2 is 1.90 bits per heavy atom. The van der Waals surface area contributed by atoms with Crippen molar-refractivity contribution in [2.75, 3.05) is 6.54 Å². The van der Waals surface area contributed by atoms with Crippen LogP contribution in [0.25, 0.3) is 0 Å². The molecule has 108 valence electrons. The molecule has 0 aliphatic carbocycles. The number of nitrogens with two attached hydrogens (primary N) is 1. The summed E-state index contributed by atoms with van der Waals surface area (Å²) >= 11 is 1.63. The van der Waals surface area contributed by atoms with Gasteiger partial charge in [0.2, 0.25) is 5.16 Å². The van der Waals surface area contributed by atoms with Crippen molar-refractivity contribution in [2.45, 2.75) is 43.6 Å². The molecule has 0 spiro atoms. The molecule has 0 saturated carbocycles. The van der Waals surface area contributed by atoms with E-state index in [9.17, 15) is 0 Å². The number of hydrogen-bond donors (Lipinski definition) is 1. The standard InChI is InChI=1S/C14H21N5S/c1-14(2,3)12-6-4-11(5-7-12)10-20-13-16-17-18-19(13)9-8-15/h4-7H,8-10,15H2,1-3H3. The molecule has 5 nitrogen and oxygen atoms in total. The molecule has 0 saturated heterocycles. The van der Waals surface area contributed by atoms with Crippen LogP contribution in [0.5, 0.6) is 0 Å². The maximum Gasteiger partial charge on any atom is 0.209 e.